The highest BCUT2D eigenvalue weighted by atomic mass is 32.1. The molecule has 1 aromatic rings. The zero-order valence-electron chi connectivity index (χ0n) is 9.62. The first-order valence-electron chi connectivity index (χ1n) is 5.71. The van der Waals surface area contributed by atoms with Crippen LogP contribution in [0, 0.1) is 6.92 Å². The molecule has 15 heavy (non-hydrogen) atoms. The zero-order valence-corrected chi connectivity index (χ0v) is 10.4. The molecule has 1 unspecified atom stereocenters. The van der Waals surface area contributed by atoms with E-state index >= 15 is 0 Å². The summed E-state index contributed by atoms with van der Waals surface area (Å²) in [5.41, 5.74) is 1.44. The van der Waals surface area contributed by atoms with Crippen molar-refractivity contribution >= 4 is 11.3 Å². The highest BCUT2D eigenvalue weighted by Crippen LogP contribution is 2.19. The molecule has 1 aliphatic rings. The summed E-state index contributed by atoms with van der Waals surface area (Å²) in [5, 5.41) is 5.66. The second kappa shape index (κ2) is 5.10. The smallest absolute Gasteiger partial charge is 0.0331 e. The Hall–Kier alpha value is -0.380. The van der Waals surface area contributed by atoms with Crippen LogP contribution >= 0.6 is 11.3 Å². The van der Waals surface area contributed by atoms with Crippen LogP contribution in [-0.4, -0.2) is 31.1 Å². The predicted octanol–water partition coefficient (Wildman–Crippen LogP) is 2.24. The summed E-state index contributed by atoms with van der Waals surface area (Å²) in [6.45, 7) is 5.66. The number of piperidine rings is 1. The van der Waals surface area contributed by atoms with E-state index in [1.165, 1.54) is 29.8 Å². The van der Waals surface area contributed by atoms with Crippen molar-refractivity contribution in [1.29, 1.82) is 0 Å². The van der Waals surface area contributed by atoms with Gasteiger partial charge in [-0.1, -0.05) is 0 Å². The van der Waals surface area contributed by atoms with Gasteiger partial charge in [0.2, 0.25) is 0 Å². The average Bonchev–Trinajstić information content (AvgIpc) is 2.66. The lowest BCUT2D eigenvalue weighted by atomic mass is 10.1. The summed E-state index contributed by atoms with van der Waals surface area (Å²) < 4.78 is 0. The van der Waals surface area contributed by atoms with Gasteiger partial charge in [-0.25, -0.2) is 0 Å². The first-order valence-corrected chi connectivity index (χ1v) is 6.59. The Bertz CT molecular complexity index is 302. The number of nitrogens with zero attached hydrogens (tertiary/aromatic N) is 1. The molecular formula is C12H20N2S. The molecule has 84 valence electrons. The van der Waals surface area contributed by atoms with Crippen LogP contribution in [-0.2, 0) is 6.54 Å². The Morgan fingerprint density at radius 1 is 1.60 bits per heavy atom. The highest BCUT2D eigenvalue weighted by Gasteiger charge is 2.18. The van der Waals surface area contributed by atoms with E-state index in [1.54, 1.807) is 0 Å². The highest BCUT2D eigenvalue weighted by molar-refractivity contribution is 7.10. The Labute approximate surface area is 96.3 Å². The summed E-state index contributed by atoms with van der Waals surface area (Å²) in [6.07, 6.45) is 2.66. The molecular weight excluding hydrogens is 204 g/mol. The topological polar surface area (TPSA) is 15.3 Å². The van der Waals surface area contributed by atoms with Crippen LogP contribution in [0.5, 0.6) is 0 Å². The van der Waals surface area contributed by atoms with Crippen molar-refractivity contribution in [3.8, 4) is 0 Å². The largest absolute Gasteiger partial charge is 0.315 e. The van der Waals surface area contributed by atoms with E-state index in [4.69, 9.17) is 0 Å². The number of hydrogen-bond donors (Lipinski definition) is 1. The molecule has 1 N–H and O–H groups in total. The third kappa shape index (κ3) is 2.80. The summed E-state index contributed by atoms with van der Waals surface area (Å²) in [4.78, 5) is 4.01. The van der Waals surface area contributed by atoms with Gasteiger partial charge in [-0.15, -0.1) is 11.3 Å². The number of nitrogens with one attached hydrogen (secondary N) is 1. The van der Waals surface area contributed by atoms with Gasteiger partial charge in [0.05, 0.1) is 0 Å². The van der Waals surface area contributed by atoms with Gasteiger partial charge in [0.1, 0.15) is 0 Å². The lowest BCUT2D eigenvalue weighted by molar-refractivity contribution is 0.197. The second-order valence-corrected chi connectivity index (χ2v) is 5.44. The van der Waals surface area contributed by atoms with Crippen LogP contribution in [0.3, 0.4) is 0 Å². The quantitative estimate of drug-likeness (QED) is 0.847. The van der Waals surface area contributed by atoms with Gasteiger partial charge in [-0.2, -0.15) is 0 Å². The number of thiophene rings is 1. The summed E-state index contributed by atoms with van der Waals surface area (Å²) in [6, 6.07) is 2.94. The molecule has 1 fully saturated rings. The predicted molar refractivity (Wildman–Crippen MR) is 66.4 cm³/mol. The molecule has 0 amide bonds. The van der Waals surface area contributed by atoms with E-state index in [1.807, 2.05) is 11.3 Å². The van der Waals surface area contributed by atoms with Gasteiger partial charge in [0.15, 0.2) is 0 Å². The number of hydrogen-bond acceptors (Lipinski definition) is 3. The third-order valence-electron chi connectivity index (χ3n) is 3.26. The molecule has 1 saturated heterocycles. The first-order chi connectivity index (χ1) is 7.27. The molecule has 2 rings (SSSR count). The van der Waals surface area contributed by atoms with Crippen molar-refractivity contribution in [3.05, 3.63) is 21.9 Å². The minimum Gasteiger partial charge on any atom is -0.315 e. The van der Waals surface area contributed by atoms with E-state index in [9.17, 15) is 0 Å². The molecule has 3 heteroatoms. The fourth-order valence-corrected chi connectivity index (χ4v) is 3.10. The fourth-order valence-electron chi connectivity index (χ4n) is 2.13. The monoisotopic (exact) mass is 224 g/mol. The van der Waals surface area contributed by atoms with Crippen molar-refractivity contribution in [3.63, 3.8) is 0 Å². The minimum absolute atomic E-state index is 0.722. The van der Waals surface area contributed by atoms with Gasteiger partial charge in [-0.05, 0) is 50.4 Å². The van der Waals surface area contributed by atoms with Crippen LogP contribution in [0.4, 0.5) is 0 Å². The standard InChI is InChI=1S/C12H20N2S/c1-10-5-7-15-12(10)9-14(2)11-4-3-6-13-8-11/h5,7,11,13H,3-4,6,8-9H2,1-2H3. The third-order valence-corrected chi connectivity index (χ3v) is 4.26. The van der Waals surface area contributed by atoms with E-state index < -0.39 is 0 Å². The molecule has 1 aromatic heterocycles. The lowest BCUT2D eigenvalue weighted by Gasteiger charge is -2.31. The van der Waals surface area contributed by atoms with E-state index in [2.05, 4.69) is 35.6 Å². The minimum atomic E-state index is 0.722. The molecule has 0 spiro atoms. The van der Waals surface area contributed by atoms with E-state index in [0.717, 1.165) is 19.1 Å². The van der Waals surface area contributed by atoms with Crippen molar-refractivity contribution in [2.45, 2.75) is 32.4 Å². The number of likely N-dealkylation sites (N-methyl/N-ethyl adjacent to an activating group) is 1. The SMILES string of the molecule is Cc1ccsc1CN(C)C1CCCNC1. The van der Waals surface area contributed by atoms with Crippen molar-refractivity contribution in [2.24, 2.45) is 0 Å². The zero-order chi connectivity index (χ0) is 10.7. The van der Waals surface area contributed by atoms with Crippen molar-refractivity contribution in [2.75, 3.05) is 20.1 Å². The Balaban J connectivity index is 1.91. The second-order valence-electron chi connectivity index (χ2n) is 4.44. The van der Waals surface area contributed by atoms with E-state index in [-0.39, 0.29) is 0 Å². The van der Waals surface area contributed by atoms with Crippen molar-refractivity contribution in [1.82, 2.24) is 10.2 Å². The summed E-state index contributed by atoms with van der Waals surface area (Å²) in [5.74, 6) is 0. The molecule has 0 aromatic carbocycles. The molecule has 0 bridgehead atoms. The lowest BCUT2D eigenvalue weighted by Crippen LogP contribution is -2.43. The number of rotatable bonds is 3. The van der Waals surface area contributed by atoms with E-state index in [0.29, 0.717) is 0 Å². The maximum absolute atomic E-state index is 3.47. The molecule has 2 heterocycles. The summed E-state index contributed by atoms with van der Waals surface area (Å²) in [7, 11) is 2.25. The van der Waals surface area contributed by atoms with Crippen LogP contribution in [0.2, 0.25) is 0 Å². The Kier molecular flexibility index (Phi) is 3.78. The molecule has 1 aliphatic heterocycles. The first kappa shape index (κ1) is 11.1. The summed E-state index contributed by atoms with van der Waals surface area (Å²) >= 11 is 1.88. The van der Waals surface area contributed by atoms with Gasteiger partial charge in [0.25, 0.3) is 0 Å². The maximum atomic E-state index is 3.47. The van der Waals surface area contributed by atoms with Gasteiger partial charge in [0, 0.05) is 24.0 Å². The molecule has 0 saturated carbocycles. The number of aryl methyl sites for hydroxylation is 1. The van der Waals surface area contributed by atoms with Crippen LogP contribution in [0.15, 0.2) is 11.4 Å². The fraction of sp³-hybridized carbons (Fsp3) is 0.667. The van der Waals surface area contributed by atoms with Crippen LogP contribution in [0.1, 0.15) is 23.3 Å². The Morgan fingerprint density at radius 3 is 3.07 bits per heavy atom. The van der Waals surface area contributed by atoms with Crippen molar-refractivity contribution < 1.29 is 0 Å². The molecule has 0 radical (unpaired) electrons. The molecule has 2 nitrogen and oxygen atoms in total. The average molecular weight is 224 g/mol. The maximum Gasteiger partial charge on any atom is 0.0331 e. The Morgan fingerprint density at radius 2 is 2.47 bits per heavy atom. The normalized spacial score (nSPS) is 22.2. The van der Waals surface area contributed by atoms with Crippen LogP contribution in [0.25, 0.3) is 0 Å². The molecule has 1 atom stereocenters. The molecule has 0 aliphatic carbocycles. The van der Waals surface area contributed by atoms with Gasteiger partial charge >= 0.3 is 0 Å². The van der Waals surface area contributed by atoms with Gasteiger partial charge < -0.3 is 5.32 Å². The van der Waals surface area contributed by atoms with Crippen LogP contribution < -0.4 is 5.32 Å². The van der Waals surface area contributed by atoms with Gasteiger partial charge in [-0.3, -0.25) is 4.90 Å².